The normalized spacial score (nSPS) is 10.8. The molecule has 0 saturated heterocycles. The van der Waals surface area contributed by atoms with Gasteiger partial charge < -0.3 is 14.8 Å². The summed E-state index contributed by atoms with van der Waals surface area (Å²) in [6, 6.07) is 12.6. The second-order valence-corrected chi connectivity index (χ2v) is 10.9. The molecule has 0 saturated carbocycles. The van der Waals surface area contributed by atoms with E-state index in [2.05, 4.69) is 22.1 Å². The van der Waals surface area contributed by atoms with Crippen molar-refractivity contribution in [3.8, 4) is 16.9 Å². The van der Waals surface area contributed by atoms with E-state index >= 15 is 0 Å². The number of amides is 1. The number of halogens is 2. The van der Waals surface area contributed by atoms with Gasteiger partial charge in [-0.3, -0.25) is 9.36 Å². The second-order valence-electron chi connectivity index (χ2n) is 8.21. The Morgan fingerprint density at radius 3 is 2.67 bits per heavy atom. The maximum atomic E-state index is 12.9. The summed E-state index contributed by atoms with van der Waals surface area (Å²) < 4.78 is 12.7. The van der Waals surface area contributed by atoms with Crippen molar-refractivity contribution in [3.05, 3.63) is 87.5 Å². The number of allylic oxidation sites excluding steroid dienone is 1. The highest BCUT2D eigenvalue weighted by Crippen LogP contribution is 2.37. The predicted molar refractivity (Wildman–Crippen MR) is 156 cm³/mol. The largest absolute Gasteiger partial charge is 0.484 e. The monoisotopic (exact) mass is 602 g/mol. The highest BCUT2D eigenvalue weighted by Gasteiger charge is 2.23. The molecule has 2 aromatic heterocycles. The average Bonchev–Trinajstić information content (AvgIpc) is 3.52. The molecule has 1 amide bonds. The molecule has 8 nitrogen and oxygen atoms in total. The number of carbonyl (C=O) groups excluding carboxylic acids is 2. The van der Waals surface area contributed by atoms with Crippen molar-refractivity contribution in [1.29, 1.82) is 0 Å². The summed E-state index contributed by atoms with van der Waals surface area (Å²) in [5, 5.41) is 15.1. The molecule has 0 radical (unpaired) electrons. The Balaban J connectivity index is 1.45. The molecule has 4 rings (SSSR count). The first-order chi connectivity index (χ1) is 18.8. The highest BCUT2D eigenvalue weighted by molar-refractivity contribution is 7.99. The number of anilines is 1. The molecule has 0 spiro atoms. The van der Waals surface area contributed by atoms with Crippen LogP contribution in [0.25, 0.3) is 11.1 Å². The number of aryl methyl sites for hydroxylation is 1. The number of nitrogens with one attached hydrogen (secondary N) is 1. The van der Waals surface area contributed by atoms with Crippen molar-refractivity contribution in [2.75, 3.05) is 18.2 Å². The van der Waals surface area contributed by atoms with Gasteiger partial charge >= 0.3 is 5.97 Å². The van der Waals surface area contributed by atoms with Crippen LogP contribution in [0.2, 0.25) is 10.0 Å². The maximum absolute atomic E-state index is 12.9. The van der Waals surface area contributed by atoms with Crippen LogP contribution in [0.15, 0.2) is 65.7 Å². The van der Waals surface area contributed by atoms with E-state index in [4.69, 9.17) is 32.7 Å². The van der Waals surface area contributed by atoms with E-state index in [0.29, 0.717) is 43.9 Å². The second kappa shape index (κ2) is 13.2. The minimum Gasteiger partial charge on any atom is -0.484 e. The van der Waals surface area contributed by atoms with Crippen LogP contribution in [0.5, 0.6) is 5.75 Å². The van der Waals surface area contributed by atoms with Crippen molar-refractivity contribution in [3.63, 3.8) is 0 Å². The number of hydrogen-bond donors (Lipinski definition) is 1. The third kappa shape index (κ3) is 7.02. The number of esters is 1. The number of thioether (sulfide) groups is 1. The zero-order valence-corrected chi connectivity index (χ0v) is 24.2. The Kier molecular flexibility index (Phi) is 9.68. The molecule has 0 aliphatic heterocycles. The van der Waals surface area contributed by atoms with Crippen LogP contribution < -0.4 is 10.1 Å². The summed E-state index contributed by atoms with van der Waals surface area (Å²) in [5.41, 5.74) is 2.73. The van der Waals surface area contributed by atoms with Crippen LogP contribution in [0, 0.1) is 6.92 Å². The molecule has 12 heteroatoms. The Labute approximate surface area is 243 Å². The van der Waals surface area contributed by atoms with Gasteiger partial charge in [-0.1, -0.05) is 59.2 Å². The molecule has 39 heavy (non-hydrogen) atoms. The van der Waals surface area contributed by atoms with Gasteiger partial charge in [0.25, 0.3) is 0 Å². The molecule has 2 heterocycles. The summed E-state index contributed by atoms with van der Waals surface area (Å²) in [5.74, 6) is 0.289. The van der Waals surface area contributed by atoms with Gasteiger partial charge in [-0.2, -0.15) is 0 Å². The number of ether oxygens (including phenoxy) is 2. The lowest BCUT2D eigenvalue weighted by Crippen LogP contribution is -2.16. The number of methoxy groups -OCH3 is 1. The lowest BCUT2D eigenvalue weighted by atomic mass is 10.0. The van der Waals surface area contributed by atoms with E-state index in [1.54, 1.807) is 41.8 Å². The van der Waals surface area contributed by atoms with Gasteiger partial charge in [-0.15, -0.1) is 28.1 Å². The van der Waals surface area contributed by atoms with E-state index in [-0.39, 0.29) is 23.8 Å². The molecule has 2 aromatic carbocycles. The van der Waals surface area contributed by atoms with Gasteiger partial charge in [0.15, 0.2) is 11.0 Å². The van der Waals surface area contributed by atoms with E-state index in [0.717, 1.165) is 11.1 Å². The van der Waals surface area contributed by atoms with E-state index in [1.165, 1.54) is 30.2 Å². The van der Waals surface area contributed by atoms with Crippen molar-refractivity contribution in [1.82, 2.24) is 14.8 Å². The Morgan fingerprint density at radius 2 is 1.95 bits per heavy atom. The van der Waals surface area contributed by atoms with Crippen LogP contribution in [-0.2, 0) is 22.7 Å². The van der Waals surface area contributed by atoms with Gasteiger partial charge in [0.1, 0.15) is 22.9 Å². The van der Waals surface area contributed by atoms with Crippen LogP contribution >= 0.6 is 46.3 Å². The van der Waals surface area contributed by atoms with Crippen molar-refractivity contribution in [2.24, 2.45) is 0 Å². The van der Waals surface area contributed by atoms with Crippen molar-refractivity contribution >= 4 is 63.2 Å². The lowest BCUT2D eigenvalue weighted by Gasteiger charge is -2.11. The first-order valence-electron chi connectivity index (χ1n) is 11.6. The van der Waals surface area contributed by atoms with E-state index in [1.807, 2.05) is 23.6 Å². The average molecular weight is 604 g/mol. The van der Waals surface area contributed by atoms with Gasteiger partial charge in [-0.25, -0.2) is 4.79 Å². The molecule has 202 valence electrons. The molecule has 0 fully saturated rings. The first-order valence-corrected chi connectivity index (χ1v) is 14.2. The minimum atomic E-state index is -0.548. The fourth-order valence-electron chi connectivity index (χ4n) is 3.60. The molecule has 0 aliphatic carbocycles. The van der Waals surface area contributed by atoms with Gasteiger partial charge in [-0.05, 0) is 42.3 Å². The van der Waals surface area contributed by atoms with Crippen molar-refractivity contribution in [2.45, 2.75) is 25.2 Å². The predicted octanol–water partition coefficient (Wildman–Crippen LogP) is 6.90. The summed E-state index contributed by atoms with van der Waals surface area (Å²) >= 11 is 14.7. The van der Waals surface area contributed by atoms with Crippen LogP contribution in [0.1, 0.15) is 21.7 Å². The molecular weight excluding hydrogens is 579 g/mol. The number of rotatable bonds is 11. The molecule has 0 aliphatic rings. The van der Waals surface area contributed by atoms with Gasteiger partial charge in [0, 0.05) is 22.5 Å². The Hall–Kier alpha value is -3.31. The van der Waals surface area contributed by atoms with Gasteiger partial charge in [0.05, 0.1) is 17.9 Å². The number of hydrogen-bond acceptors (Lipinski definition) is 8. The van der Waals surface area contributed by atoms with Crippen LogP contribution in [0.4, 0.5) is 5.00 Å². The van der Waals surface area contributed by atoms with Gasteiger partial charge in [0.2, 0.25) is 5.91 Å². The third-order valence-electron chi connectivity index (χ3n) is 5.47. The zero-order chi connectivity index (χ0) is 27.9. The number of aromatic nitrogens is 3. The number of carbonyl (C=O) groups is 2. The number of thiophene rings is 1. The van der Waals surface area contributed by atoms with E-state index < -0.39 is 5.97 Å². The summed E-state index contributed by atoms with van der Waals surface area (Å²) in [6.07, 6.45) is 1.71. The summed E-state index contributed by atoms with van der Waals surface area (Å²) in [7, 11) is 1.30. The SMILES string of the molecule is C=CCn1c(COc2cc(C)ccc2Cl)nnc1SCC(=O)Nc1scc(-c2ccc(Cl)cc2)c1C(=O)OC. The molecule has 0 unspecified atom stereocenters. The topological polar surface area (TPSA) is 95.3 Å². The quantitative estimate of drug-likeness (QED) is 0.113. The highest BCUT2D eigenvalue weighted by atomic mass is 35.5. The van der Waals surface area contributed by atoms with E-state index in [9.17, 15) is 9.59 Å². The minimum absolute atomic E-state index is 0.0363. The standard InChI is InChI=1S/C27H24Cl2N4O4S2/c1-4-11-33-22(13-37-21-12-16(2)5-10-20(21)29)31-32-27(33)39-15-23(34)30-25-24(26(35)36-3)19(14-38-25)17-6-8-18(28)9-7-17/h4-10,12,14H,1,11,13,15H2,2-3H3,(H,30,34). The molecule has 0 bridgehead atoms. The van der Waals surface area contributed by atoms with Crippen LogP contribution in [-0.4, -0.2) is 39.5 Å². The summed E-state index contributed by atoms with van der Waals surface area (Å²) in [4.78, 5) is 25.5. The first kappa shape index (κ1) is 28.7. The fraction of sp³-hybridized carbons (Fsp3) is 0.185. The Bertz CT molecular complexity index is 1500. The smallest absolute Gasteiger partial charge is 0.341 e. The number of nitrogens with zero attached hydrogens (tertiary/aromatic N) is 3. The maximum Gasteiger partial charge on any atom is 0.341 e. The molecular formula is C27H24Cl2N4O4S2. The molecule has 1 N–H and O–H groups in total. The third-order valence-corrected chi connectivity index (χ3v) is 7.90. The zero-order valence-electron chi connectivity index (χ0n) is 21.1. The number of benzene rings is 2. The Morgan fingerprint density at radius 1 is 1.18 bits per heavy atom. The molecule has 4 aromatic rings. The fourth-order valence-corrected chi connectivity index (χ4v) is 5.64. The molecule has 0 atom stereocenters. The lowest BCUT2D eigenvalue weighted by molar-refractivity contribution is -0.113. The van der Waals surface area contributed by atoms with Crippen LogP contribution in [0.3, 0.4) is 0 Å². The van der Waals surface area contributed by atoms with Crippen molar-refractivity contribution < 1.29 is 19.1 Å². The summed E-state index contributed by atoms with van der Waals surface area (Å²) in [6.45, 7) is 6.32.